The molecule has 0 aliphatic heterocycles. The summed E-state index contributed by atoms with van der Waals surface area (Å²) in [6.45, 7) is 20.9. The van der Waals surface area contributed by atoms with Gasteiger partial charge in [0, 0.05) is 8.07 Å². The molecule has 2 aliphatic carbocycles. The Labute approximate surface area is 249 Å². The summed E-state index contributed by atoms with van der Waals surface area (Å²) in [5.74, 6) is 0.509. The minimum atomic E-state index is -5.77. The van der Waals surface area contributed by atoms with Crippen LogP contribution in [0.25, 0.3) is 0 Å². The van der Waals surface area contributed by atoms with Gasteiger partial charge in [0.1, 0.15) is 5.60 Å². The maximum atomic E-state index is 13.0. The van der Waals surface area contributed by atoms with E-state index in [0.29, 0.717) is 12.0 Å². The molecule has 2 saturated carbocycles. The number of halogens is 6. The first-order chi connectivity index (χ1) is 16.0. The number of carbonyl (C=O) groups is 1. The Morgan fingerprint density at radius 1 is 0.923 bits per heavy atom. The fourth-order valence-corrected chi connectivity index (χ4v) is 10.1. The Bertz CT molecular complexity index is 733. The Morgan fingerprint density at radius 3 is 1.74 bits per heavy atom. The van der Waals surface area contributed by atoms with Crippen LogP contribution in [-0.4, -0.2) is 42.7 Å². The molecule has 0 saturated heterocycles. The third kappa shape index (κ3) is 10.9. The summed E-state index contributed by atoms with van der Waals surface area (Å²) in [6.07, 6.45) is -10.8. The largest absolute Gasteiger partial charge is 4.00 e. The number of carbonyl (C=O) groups excluding carboxylic acids is 1. The smallest absolute Gasteiger partial charge is 0.460 e. The first-order valence-electron chi connectivity index (χ1n) is 12.6. The molecule has 2 rings (SSSR count). The van der Waals surface area contributed by atoms with Gasteiger partial charge in [0.05, 0.1) is 5.92 Å². The van der Waals surface area contributed by atoms with E-state index in [9.17, 15) is 36.2 Å². The van der Waals surface area contributed by atoms with Gasteiger partial charge in [0.15, 0.2) is 0 Å². The molecule has 5 atom stereocenters. The van der Waals surface area contributed by atoms with Gasteiger partial charge in [-0.05, 0) is 58.3 Å². The van der Waals surface area contributed by atoms with E-state index in [0.717, 1.165) is 19.3 Å². The van der Waals surface area contributed by atoms with E-state index in [1.165, 1.54) is 0 Å². The molecule has 11 heteroatoms. The standard InChI is InChI=1S/C24H39F6O3Si.C2H5.2CH3.Ti/c1-20(2,3)33-19(31)17-12-16-11-15(17)13-18(16)21(4,5)14-34(6,7)10-8-9-22(32,23(25,26)27)24(28,29)30;1-2;;;/h15-18,32H,4,8-14H2,1-3,5-7H3;1H2,2H3;2*1H3;/q4*-1;+4. The van der Waals surface area contributed by atoms with Gasteiger partial charge in [-0.3, -0.25) is 4.79 Å². The number of rotatable bonds is 8. The SMILES string of the molecule is [CH2-]C.[CH2-]C(C)(C[Si](C)(C)CCCC(O)(C(F)(F)F)C(F)(F)F)C1CC2CC1CC2C(=O)OC(C)(C)C.[CH3-].[CH3-].[Ti+4]. The molecule has 3 nitrogen and oxygen atoms in total. The Kier molecular flexibility index (Phi) is 16.6. The summed E-state index contributed by atoms with van der Waals surface area (Å²) >= 11 is 0. The summed E-state index contributed by atoms with van der Waals surface area (Å²) in [5, 5.41) is 9.41. The van der Waals surface area contributed by atoms with Crippen molar-refractivity contribution in [3.63, 3.8) is 0 Å². The molecular formula is C28H50F6O3SiTi. The van der Waals surface area contributed by atoms with Crippen molar-refractivity contribution >= 4 is 14.0 Å². The molecule has 5 unspecified atom stereocenters. The zero-order valence-electron chi connectivity index (χ0n) is 25.2. The molecule has 2 aliphatic rings. The molecule has 39 heavy (non-hydrogen) atoms. The number of fused-ring (bicyclic) bond motifs is 2. The quantitative estimate of drug-likeness (QED) is 0.127. The number of esters is 1. The van der Waals surface area contributed by atoms with Crippen LogP contribution in [0.15, 0.2) is 0 Å². The van der Waals surface area contributed by atoms with Crippen LogP contribution >= 0.6 is 0 Å². The molecule has 0 amide bonds. The van der Waals surface area contributed by atoms with Gasteiger partial charge in [0.2, 0.25) is 0 Å². The maximum absolute atomic E-state index is 13.0. The maximum Gasteiger partial charge on any atom is 4.00 e. The topological polar surface area (TPSA) is 46.5 Å². The fraction of sp³-hybridized carbons (Fsp3) is 0.821. The minimum Gasteiger partial charge on any atom is -0.460 e. The average molecular weight is 625 g/mol. The van der Waals surface area contributed by atoms with Gasteiger partial charge in [-0.2, -0.15) is 38.7 Å². The van der Waals surface area contributed by atoms with Gasteiger partial charge in [-0.25, -0.2) is 0 Å². The molecule has 0 aromatic rings. The molecule has 0 heterocycles. The van der Waals surface area contributed by atoms with E-state index in [-0.39, 0.29) is 78.2 Å². The molecule has 1 N–H and O–H groups in total. The van der Waals surface area contributed by atoms with Crippen molar-refractivity contribution in [2.75, 3.05) is 0 Å². The average Bonchev–Trinajstić information content (AvgIpc) is 3.26. The second-order valence-electron chi connectivity index (χ2n) is 12.7. The van der Waals surface area contributed by atoms with Gasteiger partial charge in [-0.15, -0.1) is 0 Å². The normalized spacial score (nSPS) is 24.7. The third-order valence-corrected chi connectivity index (χ3v) is 11.1. The Hall–Kier alpha value is -0.0588. The number of alkyl halides is 6. The number of hydrogen-bond donors (Lipinski definition) is 1. The summed E-state index contributed by atoms with van der Waals surface area (Å²) in [6, 6.07) is 0.884. The molecule has 0 aromatic carbocycles. The van der Waals surface area contributed by atoms with Crippen LogP contribution in [0.4, 0.5) is 26.3 Å². The zero-order chi connectivity index (χ0) is 28.5. The molecule has 2 bridgehead atoms. The van der Waals surface area contributed by atoms with Gasteiger partial charge < -0.3 is 38.5 Å². The predicted molar refractivity (Wildman–Crippen MR) is 144 cm³/mol. The van der Waals surface area contributed by atoms with Crippen molar-refractivity contribution in [1.82, 2.24) is 0 Å². The number of ether oxygens (including phenoxy) is 1. The van der Waals surface area contributed by atoms with E-state index in [1.54, 1.807) is 6.92 Å². The van der Waals surface area contributed by atoms with E-state index >= 15 is 0 Å². The van der Waals surface area contributed by atoms with Crippen LogP contribution in [0.5, 0.6) is 0 Å². The number of aliphatic hydroxyl groups is 1. The van der Waals surface area contributed by atoms with Crippen molar-refractivity contribution in [3.05, 3.63) is 28.7 Å². The minimum absolute atomic E-state index is 0. The summed E-state index contributed by atoms with van der Waals surface area (Å²) in [4.78, 5) is 12.6. The van der Waals surface area contributed by atoms with Gasteiger partial charge in [-0.1, -0.05) is 44.4 Å². The first kappa shape index (κ1) is 43.4. The van der Waals surface area contributed by atoms with Crippen LogP contribution in [0.3, 0.4) is 0 Å². The summed E-state index contributed by atoms with van der Waals surface area (Å²) < 4.78 is 83.3. The second-order valence-corrected chi connectivity index (χ2v) is 17.9. The monoisotopic (exact) mass is 624 g/mol. The van der Waals surface area contributed by atoms with Gasteiger partial charge >= 0.3 is 40.0 Å². The predicted octanol–water partition coefficient (Wildman–Crippen LogP) is 8.91. The van der Waals surface area contributed by atoms with Crippen LogP contribution in [0.1, 0.15) is 66.7 Å². The molecule has 0 aromatic heterocycles. The van der Waals surface area contributed by atoms with Crippen molar-refractivity contribution in [2.24, 2.45) is 29.1 Å². The summed E-state index contributed by atoms with van der Waals surface area (Å²) in [7, 11) is -2.22. The second kappa shape index (κ2) is 14.9. The molecule has 0 radical (unpaired) electrons. The van der Waals surface area contributed by atoms with E-state index in [1.807, 2.05) is 40.8 Å². The third-order valence-electron chi connectivity index (χ3n) is 7.67. The fourth-order valence-electron chi connectivity index (χ4n) is 6.37. The van der Waals surface area contributed by atoms with E-state index in [4.69, 9.17) is 4.74 Å². The first-order valence-corrected chi connectivity index (χ1v) is 16.1. The zero-order valence-corrected chi connectivity index (χ0v) is 27.8. The van der Waals surface area contributed by atoms with Crippen LogP contribution in [0.2, 0.25) is 25.2 Å². The van der Waals surface area contributed by atoms with Crippen LogP contribution < -0.4 is 0 Å². The molecule has 230 valence electrons. The van der Waals surface area contributed by atoms with Crippen molar-refractivity contribution < 1.29 is 62.7 Å². The Morgan fingerprint density at radius 2 is 1.38 bits per heavy atom. The number of hydrogen-bond acceptors (Lipinski definition) is 3. The molecule has 2 fully saturated rings. The Balaban J connectivity index is -0.00000253. The molecule has 0 spiro atoms. The summed E-state index contributed by atoms with van der Waals surface area (Å²) in [5.41, 5.74) is -5.60. The van der Waals surface area contributed by atoms with Crippen LogP contribution in [-0.2, 0) is 31.2 Å². The van der Waals surface area contributed by atoms with E-state index in [2.05, 4.69) is 13.8 Å². The van der Waals surface area contributed by atoms with Gasteiger partial charge in [0.25, 0.3) is 5.60 Å². The van der Waals surface area contributed by atoms with E-state index < -0.39 is 38.0 Å². The van der Waals surface area contributed by atoms with Crippen molar-refractivity contribution in [3.8, 4) is 0 Å². The molecular weight excluding hydrogens is 574 g/mol. The van der Waals surface area contributed by atoms with Crippen LogP contribution in [0, 0.1) is 57.8 Å². The van der Waals surface area contributed by atoms with Crippen molar-refractivity contribution in [1.29, 1.82) is 0 Å². The van der Waals surface area contributed by atoms with Crippen molar-refractivity contribution in [2.45, 2.75) is 115 Å².